The minimum Gasteiger partial charge on any atom is -0.492 e. The van der Waals surface area contributed by atoms with Gasteiger partial charge >= 0.3 is 5.97 Å². The third-order valence-corrected chi connectivity index (χ3v) is 8.94. The predicted molar refractivity (Wildman–Crippen MR) is 123 cm³/mol. The van der Waals surface area contributed by atoms with Gasteiger partial charge in [-0.1, -0.05) is 18.0 Å². The number of hydrogen-bond acceptors (Lipinski definition) is 7. The van der Waals surface area contributed by atoms with Crippen molar-refractivity contribution in [2.75, 3.05) is 33.4 Å². The number of halogens is 1. The molecule has 1 aliphatic heterocycles. The second-order valence-corrected chi connectivity index (χ2v) is 11.4. The molecule has 0 saturated carbocycles. The van der Waals surface area contributed by atoms with Gasteiger partial charge in [-0.15, -0.1) is 0 Å². The maximum Gasteiger partial charge on any atom is 0.337 e. The largest absolute Gasteiger partial charge is 0.492 e. The predicted octanol–water partition coefficient (Wildman–Crippen LogP) is 2.66. The van der Waals surface area contributed by atoms with Gasteiger partial charge in [-0.2, -0.15) is 4.31 Å². The smallest absolute Gasteiger partial charge is 0.337 e. The van der Waals surface area contributed by atoms with Crippen LogP contribution in [0.5, 0.6) is 5.75 Å². The molecule has 0 amide bonds. The molecule has 1 saturated heterocycles. The summed E-state index contributed by atoms with van der Waals surface area (Å²) >= 11 is 5.99. The number of carbonyl (C=O) groups excluding carboxylic acids is 1. The van der Waals surface area contributed by atoms with E-state index in [4.69, 9.17) is 16.3 Å². The molecule has 33 heavy (non-hydrogen) atoms. The normalized spacial score (nSPS) is 15.2. The van der Waals surface area contributed by atoms with Gasteiger partial charge in [0.05, 0.1) is 22.6 Å². The van der Waals surface area contributed by atoms with Crippen LogP contribution in [0.25, 0.3) is 0 Å². The molecule has 1 fully saturated rings. The van der Waals surface area contributed by atoms with E-state index in [9.17, 15) is 21.6 Å². The van der Waals surface area contributed by atoms with Crippen molar-refractivity contribution in [3.05, 3.63) is 53.1 Å². The van der Waals surface area contributed by atoms with Crippen LogP contribution in [0.3, 0.4) is 0 Å². The highest BCUT2D eigenvalue weighted by Gasteiger charge is 2.26. The van der Waals surface area contributed by atoms with Crippen molar-refractivity contribution in [2.24, 2.45) is 0 Å². The third kappa shape index (κ3) is 6.24. The Labute approximate surface area is 198 Å². The lowest BCUT2D eigenvalue weighted by atomic mass is 10.2. The summed E-state index contributed by atoms with van der Waals surface area (Å²) in [4.78, 5) is 11.6. The van der Waals surface area contributed by atoms with Gasteiger partial charge in [-0.05, 0) is 55.3 Å². The van der Waals surface area contributed by atoms with Crippen molar-refractivity contribution in [2.45, 2.75) is 29.1 Å². The number of rotatable bonds is 9. The lowest BCUT2D eigenvalue weighted by Crippen LogP contribution is -2.35. The van der Waals surface area contributed by atoms with Crippen molar-refractivity contribution in [3.63, 3.8) is 0 Å². The standard InChI is InChI=1S/C21H25ClN2O7S2/c1-30-21(25)16-5-10-19(22)20(15-16)32(26,27)23-11-14-31-17-6-8-18(9-7-17)33(28,29)24-12-3-2-4-13-24/h5-10,15,23H,2-4,11-14H2,1H3. The highest BCUT2D eigenvalue weighted by Crippen LogP contribution is 2.24. The summed E-state index contributed by atoms with van der Waals surface area (Å²) in [6, 6.07) is 9.82. The van der Waals surface area contributed by atoms with Gasteiger partial charge in [-0.3, -0.25) is 0 Å². The van der Waals surface area contributed by atoms with E-state index in [-0.39, 0.29) is 33.5 Å². The molecule has 0 aliphatic carbocycles. The van der Waals surface area contributed by atoms with Crippen LogP contribution in [0.15, 0.2) is 52.3 Å². The maximum atomic E-state index is 12.7. The fourth-order valence-corrected chi connectivity index (χ4v) is 6.39. The molecule has 180 valence electrons. The molecular weight excluding hydrogens is 492 g/mol. The lowest BCUT2D eigenvalue weighted by molar-refractivity contribution is 0.0600. The van der Waals surface area contributed by atoms with E-state index in [1.807, 2.05) is 0 Å². The number of benzene rings is 2. The minimum atomic E-state index is -4.00. The highest BCUT2D eigenvalue weighted by molar-refractivity contribution is 7.89. The minimum absolute atomic E-state index is 0.00817. The Kier molecular flexibility index (Phi) is 8.35. The van der Waals surface area contributed by atoms with Crippen LogP contribution in [0.4, 0.5) is 0 Å². The molecule has 0 bridgehead atoms. The Morgan fingerprint density at radius 3 is 2.33 bits per heavy atom. The van der Waals surface area contributed by atoms with Gasteiger partial charge in [-0.25, -0.2) is 26.4 Å². The summed E-state index contributed by atoms with van der Waals surface area (Å²) in [5, 5.41) is -0.0402. The molecular formula is C21H25ClN2O7S2. The number of sulfonamides is 2. The van der Waals surface area contributed by atoms with E-state index >= 15 is 0 Å². The van der Waals surface area contributed by atoms with Crippen molar-refractivity contribution in [3.8, 4) is 5.75 Å². The van der Waals surface area contributed by atoms with Crippen LogP contribution in [0.2, 0.25) is 5.02 Å². The van der Waals surface area contributed by atoms with E-state index in [0.29, 0.717) is 18.8 Å². The van der Waals surface area contributed by atoms with Gasteiger partial charge in [0.2, 0.25) is 20.0 Å². The first kappa shape index (κ1) is 25.4. The first-order valence-corrected chi connectivity index (χ1v) is 13.6. The van der Waals surface area contributed by atoms with E-state index < -0.39 is 26.0 Å². The van der Waals surface area contributed by atoms with Crippen molar-refractivity contribution in [1.29, 1.82) is 0 Å². The lowest BCUT2D eigenvalue weighted by Gasteiger charge is -2.25. The van der Waals surface area contributed by atoms with Gasteiger partial charge < -0.3 is 9.47 Å². The van der Waals surface area contributed by atoms with Gasteiger partial charge in [0, 0.05) is 19.6 Å². The fraction of sp³-hybridized carbons (Fsp3) is 0.381. The summed E-state index contributed by atoms with van der Waals surface area (Å²) in [5.74, 6) is -0.283. The fourth-order valence-electron chi connectivity index (χ4n) is 3.34. The van der Waals surface area contributed by atoms with Crippen LogP contribution >= 0.6 is 11.6 Å². The third-order valence-electron chi connectivity index (χ3n) is 5.08. The van der Waals surface area contributed by atoms with E-state index in [0.717, 1.165) is 25.3 Å². The van der Waals surface area contributed by atoms with Crippen molar-refractivity contribution < 1.29 is 31.1 Å². The Morgan fingerprint density at radius 1 is 1.03 bits per heavy atom. The second-order valence-electron chi connectivity index (χ2n) is 7.32. The summed E-state index contributed by atoms with van der Waals surface area (Å²) < 4.78 is 64.4. The Balaban J connectivity index is 1.57. The molecule has 0 unspecified atom stereocenters. The van der Waals surface area contributed by atoms with Crippen LogP contribution in [0, 0.1) is 0 Å². The summed E-state index contributed by atoms with van der Waals surface area (Å²) in [6.07, 6.45) is 2.74. The van der Waals surface area contributed by atoms with E-state index in [2.05, 4.69) is 9.46 Å². The van der Waals surface area contributed by atoms with Crippen LogP contribution in [-0.2, 0) is 24.8 Å². The number of ether oxygens (including phenoxy) is 2. The molecule has 3 rings (SSSR count). The average molecular weight is 517 g/mol. The first-order chi connectivity index (χ1) is 15.6. The van der Waals surface area contributed by atoms with Crippen molar-refractivity contribution in [1.82, 2.24) is 9.03 Å². The molecule has 0 atom stereocenters. The molecule has 12 heteroatoms. The van der Waals surface area contributed by atoms with Crippen LogP contribution < -0.4 is 9.46 Å². The summed E-state index contributed by atoms with van der Waals surface area (Å²) in [5.41, 5.74) is 0.0538. The summed E-state index contributed by atoms with van der Waals surface area (Å²) in [7, 11) is -6.34. The van der Waals surface area contributed by atoms with E-state index in [1.54, 1.807) is 0 Å². The number of carbonyl (C=O) groups is 1. The molecule has 1 N–H and O–H groups in total. The topological polar surface area (TPSA) is 119 Å². The molecule has 9 nitrogen and oxygen atoms in total. The van der Waals surface area contributed by atoms with Crippen LogP contribution in [-0.4, -0.2) is 60.5 Å². The zero-order valence-corrected chi connectivity index (χ0v) is 20.4. The number of hydrogen-bond donors (Lipinski definition) is 1. The number of piperidine rings is 1. The molecule has 0 radical (unpaired) electrons. The molecule has 0 spiro atoms. The Morgan fingerprint density at radius 2 is 1.70 bits per heavy atom. The van der Waals surface area contributed by atoms with E-state index in [1.165, 1.54) is 47.8 Å². The highest BCUT2D eigenvalue weighted by atomic mass is 35.5. The number of nitrogens with one attached hydrogen (secondary N) is 1. The Bertz CT molecular complexity index is 1190. The zero-order valence-electron chi connectivity index (χ0n) is 18.0. The summed E-state index contributed by atoms with van der Waals surface area (Å²) in [6.45, 7) is 0.960. The number of esters is 1. The Hall–Kier alpha value is -2.18. The monoisotopic (exact) mass is 516 g/mol. The zero-order chi connectivity index (χ0) is 24.1. The van der Waals surface area contributed by atoms with Gasteiger partial charge in [0.1, 0.15) is 17.3 Å². The molecule has 1 heterocycles. The quantitative estimate of drug-likeness (QED) is 0.402. The average Bonchev–Trinajstić information content (AvgIpc) is 2.82. The molecule has 0 aromatic heterocycles. The van der Waals surface area contributed by atoms with Crippen molar-refractivity contribution >= 4 is 37.6 Å². The van der Waals surface area contributed by atoms with Crippen LogP contribution in [0.1, 0.15) is 29.6 Å². The van der Waals surface area contributed by atoms with Gasteiger partial charge in [0.15, 0.2) is 0 Å². The number of methoxy groups -OCH3 is 1. The SMILES string of the molecule is COC(=O)c1ccc(Cl)c(S(=O)(=O)NCCOc2ccc(S(=O)(=O)N3CCCCC3)cc2)c1. The first-order valence-electron chi connectivity index (χ1n) is 10.3. The maximum absolute atomic E-state index is 12.7. The molecule has 2 aromatic carbocycles. The number of nitrogens with zero attached hydrogens (tertiary/aromatic N) is 1. The molecule has 1 aliphatic rings. The van der Waals surface area contributed by atoms with Gasteiger partial charge in [0.25, 0.3) is 0 Å². The second kappa shape index (κ2) is 10.8. The molecule has 2 aromatic rings.